The summed E-state index contributed by atoms with van der Waals surface area (Å²) < 4.78 is 5.34. The Morgan fingerprint density at radius 1 is 1.56 bits per heavy atom. The Balaban J connectivity index is 2.06. The summed E-state index contributed by atoms with van der Waals surface area (Å²) in [5.41, 5.74) is 0. The zero-order valence-electron chi connectivity index (χ0n) is 9.81. The van der Waals surface area contributed by atoms with Crippen molar-refractivity contribution in [2.45, 2.75) is 19.4 Å². The van der Waals surface area contributed by atoms with Crippen LogP contribution in [0.4, 0.5) is 11.6 Å². The predicted octanol–water partition coefficient (Wildman–Crippen LogP) is 1.13. The third-order valence-electron chi connectivity index (χ3n) is 2.78. The number of methoxy groups -OCH3 is 1. The van der Waals surface area contributed by atoms with Crippen LogP contribution >= 0.6 is 0 Å². The van der Waals surface area contributed by atoms with Gasteiger partial charge in [0.05, 0.1) is 18.5 Å². The average Bonchev–Trinajstić information content (AvgIpc) is 2.78. The molecule has 1 aromatic heterocycles. The molecule has 0 bridgehead atoms. The van der Waals surface area contributed by atoms with Crippen molar-refractivity contribution in [1.82, 2.24) is 9.97 Å². The second-order valence-corrected chi connectivity index (χ2v) is 3.89. The van der Waals surface area contributed by atoms with Gasteiger partial charge in [-0.15, -0.1) is 0 Å². The number of rotatable bonds is 4. The van der Waals surface area contributed by atoms with Crippen LogP contribution in [0.25, 0.3) is 0 Å². The van der Waals surface area contributed by atoms with Gasteiger partial charge in [0.25, 0.3) is 0 Å². The minimum absolute atomic E-state index is 0.324. The molecule has 0 radical (unpaired) electrons. The Kier molecular flexibility index (Phi) is 3.56. The van der Waals surface area contributed by atoms with E-state index in [4.69, 9.17) is 4.74 Å². The molecule has 2 rings (SSSR count). The highest BCUT2D eigenvalue weighted by Gasteiger charge is 2.23. The first-order valence-corrected chi connectivity index (χ1v) is 5.67. The van der Waals surface area contributed by atoms with Gasteiger partial charge in [0.1, 0.15) is 11.6 Å². The molecule has 1 aliphatic rings. The molecule has 16 heavy (non-hydrogen) atoms. The summed E-state index contributed by atoms with van der Waals surface area (Å²) >= 11 is 0. The monoisotopic (exact) mass is 222 g/mol. The Morgan fingerprint density at radius 3 is 3.12 bits per heavy atom. The number of nitrogens with one attached hydrogen (secondary N) is 1. The highest BCUT2D eigenvalue weighted by molar-refractivity contribution is 5.44. The number of aromatic nitrogens is 2. The molecule has 1 saturated heterocycles. The lowest BCUT2D eigenvalue weighted by atomic mass is 10.3. The first kappa shape index (κ1) is 11.1. The molecule has 1 aromatic rings. The van der Waals surface area contributed by atoms with Crippen molar-refractivity contribution in [2.24, 2.45) is 0 Å². The maximum atomic E-state index is 5.34. The maximum Gasteiger partial charge on any atom is 0.149 e. The van der Waals surface area contributed by atoms with Gasteiger partial charge in [0, 0.05) is 26.7 Å². The predicted molar refractivity (Wildman–Crippen MR) is 63.8 cm³/mol. The van der Waals surface area contributed by atoms with Gasteiger partial charge >= 0.3 is 0 Å². The first-order valence-electron chi connectivity index (χ1n) is 5.67. The van der Waals surface area contributed by atoms with E-state index in [1.54, 1.807) is 19.5 Å². The molecule has 2 heterocycles. The number of anilines is 2. The first-order chi connectivity index (χ1) is 7.83. The van der Waals surface area contributed by atoms with Gasteiger partial charge < -0.3 is 15.0 Å². The summed E-state index contributed by atoms with van der Waals surface area (Å²) in [6.45, 7) is 4.80. The molecule has 0 aliphatic carbocycles. The fraction of sp³-hybridized carbons (Fsp3) is 0.636. The van der Waals surface area contributed by atoms with Crippen LogP contribution in [0.2, 0.25) is 0 Å². The molecule has 1 N–H and O–H groups in total. The number of ether oxygens (including phenoxy) is 1. The summed E-state index contributed by atoms with van der Waals surface area (Å²) in [5.74, 6) is 1.76. The zero-order valence-corrected chi connectivity index (χ0v) is 9.81. The second kappa shape index (κ2) is 5.12. The van der Waals surface area contributed by atoms with Crippen LogP contribution in [0.15, 0.2) is 12.4 Å². The van der Waals surface area contributed by atoms with E-state index in [2.05, 4.69) is 20.2 Å². The van der Waals surface area contributed by atoms with Crippen LogP contribution in [0.3, 0.4) is 0 Å². The van der Waals surface area contributed by atoms with Crippen molar-refractivity contribution in [3.8, 4) is 0 Å². The number of nitrogens with zero attached hydrogens (tertiary/aromatic N) is 3. The quantitative estimate of drug-likeness (QED) is 0.827. The van der Waals surface area contributed by atoms with Gasteiger partial charge in [-0.3, -0.25) is 4.98 Å². The zero-order chi connectivity index (χ0) is 11.4. The molecule has 0 aromatic carbocycles. The van der Waals surface area contributed by atoms with E-state index in [1.807, 2.05) is 6.92 Å². The molecule has 0 spiro atoms. The molecule has 0 amide bonds. The molecular formula is C11H18N4O. The molecule has 1 unspecified atom stereocenters. The maximum absolute atomic E-state index is 5.34. The van der Waals surface area contributed by atoms with E-state index >= 15 is 0 Å². The Bertz CT molecular complexity index is 345. The van der Waals surface area contributed by atoms with Gasteiger partial charge in [-0.2, -0.15) is 0 Å². The Hall–Kier alpha value is -1.36. The summed E-state index contributed by atoms with van der Waals surface area (Å²) in [6.07, 6.45) is 4.93. The molecule has 0 saturated carbocycles. The van der Waals surface area contributed by atoms with E-state index in [9.17, 15) is 0 Å². The van der Waals surface area contributed by atoms with Crippen LogP contribution in [0.1, 0.15) is 13.3 Å². The summed E-state index contributed by atoms with van der Waals surface area (Å²) in [5, 5.41) is 3.17. The van der Waals surface area contributed by atoms with E-state index in [1.165, 1.54) is 0 Å². The third-order valence-corrected chi connectivity index (χ3v) is 2.78. The van der Waals surface area contributed by atoms with Crippen LogP contribution in [-0.4, -0.2) is 42.8 Å². The highest BCUT2D eigenvalue weighted by atomic mass is 16.5. The number of hydrogen-bond acceptors (Lipinski definition) is 5. The lowest BCUT2D eigenvalue weighted by Crippen LogP contribution is -2.23. The van der Waals surface area contributed by atoms with E-state index in [0.29, 0.717) is 6.10 Å². The Morgan fingerprint density at radius 2 is 2.44 bits per heavy atom. The van der Waals surface area contributed by atoms with Gasteiger partial charge in [0.15, 0.2) is 0 Å². The molecule has 1 aliphatic heterocycles. The van der Waals surface area contributed by atoms with Crippen LogP contribution in [-0.2, 0) is 4.74 Å². The normalized spacial score (nSPS) is 20.1. The van der Waals surface area contributed by atoms with Crippen molar-refractivity contribution in [3.05, 3.63) is 12.4 Å². The second-order valence-electron chi connectivity index (χ2n) is 3.89. The van der Waals surface area contributed by atoms with Crippen molar-refractivity contribution in [1.29, 1.82) is 0 Å². The fourth-order valence-electron chi connectivity index (χ4n) is 1.90. The van der Waals surface area contributed by atoms with Crippen molar-refractivity contribution in [2.75, 3.05) is 37.0 Å². The minimum atomic E-state index is 0.324. The third kappa shape index (κ3) is 2.41. The summed E-state index contributed by atoms with van der Waals surface area (Å²) in [4.78, 5) is 10.9. The molecule has 88 valence electrons. The average molecular weight is 222 g/mol. The summed E-state index contributed by atoms with van der Waals surface area (Å²) in [6, 6.07) is 0. The van der Waals surface area contributed by atoms with Crippen LogP contribution in [0.5, 0.6) is 0 Å². The molecular weight excluding hydrogens is 204 g/mol. The van der Waals surface area contributed by atoms with Crippen LogP contribution in [0, 0.1) is 0 Å². The van der Waals surface area contributed by atoms with Gasteiger partial charge in [-0.05, 0) is 13.3 Å². The SMILES string of the molecule is CCNc1cncc(N2CCC(OC)C2)n1. The Labute approximate surface area is 95.8 Å². The molecule has 1 atom stereocenters. The molecule has 1 fully saturated rings. The van der Waals surface area contributed by atoms with Gasteiger partial charge in [-0.25, -0.2) is 4.98 Å². The van der Waals surface area contributed by atoms with Gasteiger partial charge in [0.2, 0.25) is 0 Å². The standard InChI is InChI=1S/C11H18N4O/c1-3-13-10-6-12-7-11(14-10)15-5-4-9(8-15)16-2/h6-7,9H,3-5,8H2,1-2H3,(H,13,14). The molecule has 5 nitrogen and oxygen atoms in total. The lowest BCUT2D eigenvalue weighted by molar-refractivity contribution is 0.121. The van der Waals surface area contributed by atoms with E-state index in [-0.39, 0.29) is 0 Å². The highest BCUT2D eigenvalue weighted by Crippen LogP contribution is 2.19. The van der Waals surface area contributed by atoms with Gasteiger partial charge in [-0.1, -0.05) is 0 Å². The van der Waals surface area contributed by atoms with Crippen LogP contribution < -0.4 is 10.2 Å². The van der Waals surface area contributed by atoms with E-state index in [0.717, 1.165) is 37.7 Å². The van der Waals surface area contributed by atoms with E-state index < -0.39 is 0 Å². The number of hydrogen-bond donors (Lipinski definition) is 1. The minimum Gasteiger partial charge on any atom is -0.380 e. The lowest BCUT2D eigenvalue weighted by Gasteiger charge is -2.17. The topological polar surface area (TPSA) is 50.3 Å². The van der Waals surface area contributed by atoms with Crippen molar-refractivity contribution in [3.63, 3.8) is 0 Å². The fourth-order valence-corrected chi connectivity index (χ4v) is 1.90. The smallest absolute Gasteiger partial charge is 0.149 e. The largest absolute Gasteiger partial charge is 0.380 e. The summed E-state index contributed by atoms with van der Waals surface area (Å²) in [7, 11) is 1.76. The van der Waals surface area contributed by atoms with Crippen molar-refractivity contribution >= 4 is 11.6 Å². The van der Waals surface area contributed by atoms with Crippen molar-refractivity contribution < 1.29 is 4.74 Å². The molecule has 5 heteroatoms.